The van der Waals surface area contributed by atoms with Crippen LogP contribution in [0.1, 0.15) is 5.56 Å². The van der Waals surface area contributed by atoms with Gasteiger partial charge in [0.25, 0.3) is 5.56 Å². The van der Waals surface area contributed by atoms with Crippen LogP contribution in [0.25, 0.3) is 22.0 Å². The smallest absolute Gasteiger partial charge is 0.261 e. The van der Waals surface area contributed by atoms with Gasteiger partial charge in [0.05, 0.1) is 48.2 Å². The minimum atomic E-state index is -0.646. The maximum absolute atomic E-state index is 15.2. The first-order valence-electron chi connectivity index (χ1n) is 11.3. The van der Waals surface area contributed by atoms with Crippen LogP contribution in [0.2, 0.25) is 10.0 Å². The van der Waals surface area contributed by atoms with Crippen molar-refractivity contribution < 1.29 is 18.6 Å². The van der Waals surface area contributed by atoms with Gasteiger partial charge in [-0.15, -0.1) is 0 Å². The van der Waals surface area contributed by atoms with Gasteiger partial charge in [-0.05, 0) is 47.5 Å². The largest absolute Gasteiger partial charge is 0.493 e. The summed E-state index contributed by atoms with van der Waals surface area (Å²) in [6.07, 6.45) is 4.38. The van der Waals surface area contributed by atoms with Crippen LogP contribution in [-0.2, 0) is 6.54 Å². The Morgan fingerprint density at radius 1 is 0.895 bits per heavy atom. The third-order valence-electron chi connectivity index (χ3n) is 5.91. The van der Waals surface area contributed by atoms with Crippen molar-refractivity contribution in [2.45, 2.75) is 6.54 Å². The van der Waals surface area contributed by atoms with Gasteiger partial charge in [0.1, 0.15) is 5.75 Å². The lowest BCUT2D eigenvalue weighted by Gasteiger charge is -2.13. The maximum atomic E-state index is 15.2. The topological polar surface area (TPSA) is 75.5 Å². The highest BCUT2D eigenvalue weighted by atomic mass is 35.5. The van der Waals surface area contributed by atoms with Crippen molar-refractivity contribution in [3.05, 3.63) is 105 Å². The molecule has 38 heavy (non-hydrogen) atoms. The van der Waals surface area contributed by atoms with Crippen molar-refractivity contribution in [1.29, 1.82) is 0 Å². The lowest BCUT2D eigenvalue weighted by Crippen LogP contribution is -2.22. The third kappa shape index (κ3) is 5.01. The fourth-order valence-corrected chi connectivity index (χ4v) is 4.32. The summed E-state index contributed by atoms with van der Waals surface area (Å²) >= 11 is 12.1. The number of halogens is 3. The van der Waals surface area contributed by atoms with Gasteiger partial charge < -0.3 is 14.2 Å². The Balaban J connectivity index is 1.45. The molecule has 10 heteroatoms. The Morgan fingerprint density at radius 3 is 2.42 bits per heavy atom. The van der Waals surface area contributed by atoms with Crippen LogP contribution in [0.15, 0.2) is 78.1 Å². The van der Waals surface area contributed by atoms with E-state index in [2.05, 4.69) is 9.97 Å². The van der Waals surface area contributed by atoms with E-state index in [9.17, 15) is 4.79 Å². The Bertz CT molecular complexity index is 1730. The number of hydrogen-bond acceptors (Lipinski definition) is 6. The molecule has 2 heterocycles. The number of rotatable bonds is 7. The highest BCUT2D eigenvalue weighted by Crippen LogP contribution is 2.37. The van der Waals surface area contributed by atoms with Crippen LogP contribution >= 0.6 is 23.2 Å². The first-order valence-corrected chi connectivity index (χ1v) is 12.1. The van der Waals surface area contributed by atoms with Gasteiger partial charge in [-0.2, -0.15) is 0 Å². The van der Waals surface area contributed by atoms with Gasteiger partial charge in [-0.25, -0.2) is 9.37 Å². The van der Waals surface area contributed by atoms with Crippen molar-refractivity contribution >= 4 is 34.1 Å². The molecule has 0 atom stereocenters. The highest BCUT2D eigenvalue weighted by molar-refractivity contribution is 6.42. The zero-order chi connectivity index (χ0) is 26.8. The van der Waals surface area contributed by atoms with Gasteiger partial charge in [-0.3, -0.25) is 14.3 Å². The second-order valence-corrected chi connectivity index (χ2v) is 9.08. The molecule has 0 unspecified atom stereocenters. The molecule has 0 N–H and O–H groups in total. The molecular formula is C28H20Cl2FN3O4. The number of hydrogen-bond donors (Lipinski definition) is 0. The van der Waals surface area contributed by atoms with Gasteiger partial charge in [0, 0.05) is 23.8 Å². The zero-order valence-corrected chi connectivity index (χ0v) is 21.8. The number of pyridine rings is 1. The Kier molecular flexibility index (Phi) is 7.18. The van der Waals surface area contributed by atoms with E-state index in [1.807, 2.05) is 0 Å². The average Bonchev–Trinajstić information content (AvgIpc) is 2.92. The van der Waals surface area contributed by atoms with E-state index in [0.29, 0.717) is 43.8 Å². The van der Waals surface area contributed by atoms with Gasteiger partial charge in [-0.1, -0.05) is 35.3 Å². The van der Waals surface area contributed by atoms with E-state index in [-0.39, 0.29) is 23.4 Å². The second kappa shape index (κ2) is 10.7. The molecule has 0 saturated carbocycles. The van der Waals surface area contributed by atoms with Crippen LogP contribution in [0.4, 0.5) is 4.39 Å². The van der Waals surface area contributed by atoms with Crippen LogP contribution in [0.3, 0.4) is 0 Å². The summed E-state index contributed by atoms with van der Waals surface area (Å²) in [5, 5.41) is 1.43. The van der Waals surface area contributed by atoms with Crippen molar-refractivity contribution in [3.63, 3.8) is 0 Å². The Labute approximate surface area is 227 Å². The quantitative estimate of drug-likeness (QED) is 0.222. The normalized spacial score (nSPS) is 11.0. The molecule has 0 bridgehead atoms. The first-order chi connectivity index (χ1) is 18.4. The van der Waals surface area contributed by atoms with Crippen LogP contribution in [0.5, 0.6) is 23.0 Å². The molecule has 0 aliphatic rings. The fourth-order valence-electron chi connectivity index (χ4n) is 4.00. The molecular weight excluding hydrogens is 532 g/mol. The molecule has 5 aromatic rings. The van der Waals surface area contributed by atoms with E-state index < -0.39 is 5.82 Å². The summed E-state index contributed by atoms with van der Waals surface area (Å²) < 4.78 is 33.2. The predicted molar refractivity (Wildman–Crippen MR) is 144 cm³/mol. The molecule has 5 rings (SSSR count). The van der Waals surface area contributed by atoms with E-state index in [1.54, 1.807) is 48.7 Å². The van der Waals surface area contributed by atoms with Gasteiger partial charge in [0.15, 0.2) is 23.1 Å². The van der Waals surface area contributed by atoms with E-state index >= 15 is 4.39 Å². The van der Waals surface area contributed by atoms with Crippen molar-refractivity contribution in [3.8, 4) is 34.1 Å². The van der Waals surface area contributed by atoms with Crippen molar-refractivity contribution in [2.24, 2.45) is 0 Å². The number of ether oxygens (including phenoxy) is 3. The van der Waals surface area contributed by atoms with Gasteiger partial charge in [0.2, 0.25) is 0 Å². The Morgan fingerprint density at radius 2 is 1.68 bits per heavy atom. The number of methoxy groups -OCH3 is 2. The van der Waals surface area contributed by atoms with E-state index in [0.717, 1.165) is 5.56 Å². The summed E-state index contributed by atoms with van der Waals surface area (Å²) in [5.41, 5.74) is 1.63. The predicted octanol–water partition coefficient (Wildman–Crippen LogP) is 6.76. The van der Waals surface area contributed by atoms with Crippen LogP contribution in [-0.4, -0.2) is 28.8 Å². The molecule has 0 fully saturated rings. The van der Waals surface area contributed by atoms with Crippen LogP contribution < -0.4 is 19.8 Å². The molecule has 2 aromatic heterocycles. The van der Waals surface area contributed by atoms with E-state index in [4.69, 9.17) is 37.4 Å². The molecule has 0 aliphatic carbocycles. The van der Waals surface area contributed by atoms with Crippen molar-refractivity contribution in [1.82, 2.24) is 14.5 Å². The minimum absolute atomic E-state index is 0.0175. The second-order valence-electron chi connectivity index (χ2n) is 8.27. The van der Waals surface area contributed by atoms with Crippen LogP contribution in [0, 0.1) is 5.82 Å². The maximum Gasteiger partial charge on any atom is 0.261 e. The summed E-state index contributed by atoms with van der Waals surface area (Å²) in [5.74, 6) is 0.722. The standard InChI is InChI=1S/C28H20Cl2FN3O4/c1-36-26-11-18-23(12-27(26)37-2)33-8-7-24(18)38-25-6-4-17(10-22(25)31)19-13-32-15-34(28(19)35)14-16-3-5-20(29)21(30)9-16/h3-13,15H,14H2,1-2H3. The molecule has 0 amide bonds. The monoisotopic (exact) mass is 551 g/mol. The summed E-state index contributed by atoms with van der Waals surface area (Å²) in [7, 11) is 3.06. The molecule has 192 valence electrons. The third-order valence-corrected chi connectivity index (χ3v) is 6.65. The molecule has 0 radical (unpaired) electrons. The summed E-state index contributed by atoms with van der Waals surface area (Å²) in [6, 6.07) is 14.5. The van der Waals surface area contributed by atoms with E-state index in [1.165, 1.54) is 43.4 Å². The molecule has 0 saturated heterocycles. The lowest BCUT2D eigenvalue weighted by molar-refractivity contribution is 0.355. The number of fused-ring (bicyclic) bond motifs is 1. The minimum Gasteiger partial charge on any atom is -0.493 e. The zero-order valence-electron chi connectivity index (χ0n) is 20.2. The molecule has 3 aromatic carbocycles. The molecule has 0 spiro atoms. The average molecular weight is 552 g/mol. The number of benzene rings is 3. The Hall–Kier alpha value is -4.14. The van der Waals surface area contributed by atoms with Gasteiger partial charge >= 0.3 is 0 Å². The molecule has 7 nitrogen and oxygen atoms in total. The highest BCUT2D eigenvalue weighted by Gasteiger charge is 2.15. The number of nitrogens with zero attached hydrogens (tertiary/aromatic N) is 3. The first kappa shape index (κ1) is 25.5. The lowest BCUT2D eigenvalue weighted by atomic mass is 10.1. The summed E-state index contributed by atoms with van der Waals surface area (Å²) in [6.45, 7) is 0.226. The summed E-state index contributed by atoms with van der Waals surface area (Å²) in [4.78, 5) is 21.7. The molecule has 0 aliphatic heterocycles. The fraction of sp³-hybridized carbons (Fsp3) is 0.107. The SMILES string of the molecule is COc1cc2nccc(Oc3ccc(-c4cncn(Cc5ccc(Cl)c(Cl)c5)c4=O)cc3F)c2cc1OC. The van der Waals surface area contributed by atoms with Crippen molar-refractivity contribution in [2.75, 3.05) is 14.2 Å². The number of aromatic nitrogens is 3.